The highest BCUT2D eigenvalue weighted by Gasteiger charge is 2.21. The summed E-state index contributed by atoms with van der Waals surface area (Å²) in [7, 11) is 0. The molecule has 1 heterocycles. The van der Waals surface area contributed by atoms with Crippen LogP contribution in [0.15, 0.2) is 60.8 Å². The second-order valence-electron chi connectivity index (χ2n) is 6.49. The monoisotopic (exact) mass is 421 g/mol. The first-order valence-electron chi connectivity index (χ1n) is 9.92. The molecule has 0 aliphatic heterocycles. The van der Waals surface area contributed by atoms with Crippen LogP contribution in [0.1, 0.15) is 50.6 Å². The third kappa shape index (κ3) is 5.19. The SMILES string of the molecule is CCOc1ccc(C(=O)c2ccccc2C(=O)OCC(=O)c2ccc[nH]2)cc1OCC. The number of hydrogen-bond donors (Lipinski definition) is 1. The number of carbonyl (C=O) groups excluding carboxylic acids is 3. The lowest BCUT2D eigenvalue weighted by molar-refractivity contribution is 0.0472. The number of nitrogens with one attached hydrogen (secondary N) is 1. The molecular weight excluding hydrogens is 398 g/mol. The largest absolute Gasteiger partial charge is 0.490 e. The molecule has 0 fully saturated rings. The summed E-state index contributed by atoms with van der Waals surface area (Å²) in [5.74, 6) is -0.495. The van der Waals surface area contributed by atoms with Crippen LogP contribution < -0.4 is 9.47 Å². The molecule has 0 unspecified atom stereocenters. The van der Waals surface area contributed by atoms with Crippen molar-refractivity contribution in [3.05, 3.63) is 83.2 Å². The molecular formula is C24H23NO6. The van der Waals surface area contributed by atoms with Crippen LogP contribution in [0.25, 0.3) is 0 Å². The third-order valence-electron chi connectivity index (χ3n) is 4.43. The fourth-order valence-corrected chi connectivity index (χ4v) is 3.00. The summed E-state index contributed by atoms with van der Waals surface area (Å²) in [5, 5.41) is 0. The van der Waals surface area contributed by atoms with E-state index < -0.39 is 12.6 Å². The van der Waals surface area contributed by atoms with E-state index in [1.807, 2.05) is 13.8 Å². The zero-order valence-corrected chi connectivity index (χ0v) is 17.3. The van der Waals surface area contributed by atoms with Gasteiger partial charge >= 0.3 is 5.97 Å². The van der Waals surface area contributed by atoms with Crippen LogP contribution in [-0.4, -0.2) is 42.3 Å². The highest BCUT2D eigenvalue weighted by atomic mass is 16.5. The van der Waals surface area contributed by atoms with Crippen molar-refractivity contribution in [2.45, 2.75) is 13.8 Å². The lowest BCUT2D eigenvalue weighted by Gasteiger charge is -2.13. The van der Waals surface area contributed by atoms with Gasteiger partial charge in [0, 0.05) is 17.3 Å². The van der Waals surface area contributed by atoms with Gasteiger partial charge in [0.1, 0.15) is 0 Å². The number of hydrogen-bond acceptors (Lipinski definition) is 6. The Bertz CT molecular complexity index is 1070. The maximum atomic E-state index is 13.1. The molecule has 1 N–H and O–H groups in total. The molecule has 0 bridgehead atoms. The number of rotatable bonds is 10. The molecule has 0 amide bonds. The highest BCUT2D eigenvalue weighted by molar-refractivity contribution is 6.14. The number of aromatic amines is 1. The van der Waals surface area contributed by atoms with Gasteiger partial charge in [-0.05, 0) is 50.2 Å². The van der Waals surface area contributed by atoms with Crippen molar-refractivity contribution in [2.24, 2.45) is 0 Å². The van der Waals surface area contributed by atoms with E-state index in [9.17, 15) is 14.4 Å². The van der Waals surface area contributed by atoms with Gasteiger partial charge in [-0.15, -0.1) is 0 Å². The summed E-state index contributed by atoms with van der Waals surface area (Å²) in [6, 6.07) is 14.5. The average Bonchev–Trinajstić information content (AvgIpc) is 3.33. The Hall–Kier alpha value is -3.87. The van der Waals surface area contributed by atoms with Crippen LogP contribution in [0.4, 0.5) is 0 Å². The van der Waals surface area contributed by atoms with E-state index in [0.29, 0.717) is 36.0 Å². The zero-order valence-electron chi connectivity index (χ0n) is 17.3. The van der Waals surface area contributed by atoms with E-state index in [-0.39, 0.29) is 22.7 Å². The van der Waals surface area contributed by atoms with Crippen LogP contribution in [0.5, 0.6) is 11.5 Å². The van der Waals surface area contributed by atoms with Gasteiger partial charge in [-0.1, -0.05) is 18.2 Å². The van der Waals surface area contributed by atoms with Gasteiger partial charge in [0.25, 0.3) is 0 Å². The number of ether oxygens (including phenoxy) is 3. The predicted octanol–water partition coefficient (Wildman–Crippen LogP) is 4.08. The van der Waals surface area contributed by atoms with E-state index >= 15 is 0 Å². The minimum atomic E-state index is -0.750. The van der Waals surface area contributed by atoms with Crippen molar-refractivity contribution in [2.75, 3.05) is 19.8 Å². The summed E-state index contributed by atoms with van der Waals surface area (Å²) in [6.07, 6.45) is 1.61. The fourth-order valence-electron chi connectivity index (χ4n) is 3.00. The van der Waals surface area contributed by atoms with Crippen molar-refractivity contribution in [3.8, 4) is 11.5 Å². The number of aromatic nitrogens is 1. The Morgan fingerprint density at radius 3 is 2.23 bits per heavy atom. The highest BCUT2D eigenvalue weighted by Crippen LogP contribution is 2.30. The predicted molar refractivity (Wildman–Crippen MR) is 114 cm³/mol. The zero-order chi connectivity index (χ0) is 22.2. The van der Waals surface area contributed by atoms with Crippen molar-refractivity contribution in [3.63, 3.8) is 0 Å². The summed E-state index contributed by atoms with van der Waals surface area (Å²) in [5.41, 5.74) is 0.940. The van der Waals surface area contributed by atoms with Crippen molar-refractivity contribution in [1.82, 2.24) is 4.98 Å². The average molecular weight is 421 g/mol. The molecule has 0 aliphatic carbocycles. The first kappa shape index (κ1) is 21.8. The van der Waals surface area contributed by atoms with Gasteiger partial charge in [0.05, 0.1) is 24.5 Å². The van der Waals surface area contributed by atoms with E-state index in [1.54, 1.807) is 54.7 Å². The maximum Gasteiger partial charge on any atom is 0.339 e. The summed E-state index contributed by atoms with van der Waals surface area (Å²) in [6.45, 7) is 4.14. The molecule has 0 atom stereocenters. The molecule has 2 aromatic carbocycles. The van der Waals surface area contributed by atoms with E-state index in [0.717, 1.165) is 0 Å². The Labute approximate surface area is 179 Å². The molecule has 0 aliphatic rings. The van der Waals surface area contributed by atoms with Crippen molar-refractivity contribution < 1.29 is 28.6 Å². The number of benzene rings is 2. The summed E-state index contributed by atoms with van der Waals surface area (Å²) in [4.78, 5) is 40.6. The normalized spacial score (nSPS) is 10.4. The Morgan fingerprint density at radius 2 is 1.55 bits per heavy atom. The molecule has 3 rings (SSSR count). The summed E-state index contributed by atoms with van der Waals surface area (Å²) >= 11 is 0. The molecule has 1 aromatic heterocycles. The molecule has 0 saturated carbocycles. The topological polar surface area (TPSA) is 94.7 Å². The van der Waals surface area contributed by atoms with Crippen LogP contribution in [0.3, 0.4) is 0 Å². The van der Waals surface area contributed by atoms with E-state index in [2.05, 4.69) is 4.98 Å². The summed E-state index contributed by atoms with van der Waals surface area (Å²) < 4.78 is 16.3. The third-order valence-corrected chi connectivity index (χ3v) is 4.43. The first-order chi connectivity index (χ1) is 15.0. The standard InChI is InChI=1S/C24H23NO6/c1-3-29-21-12-11-16(14-22(21)30-4-2)23(27)17-8-5-6-9-18(17)24(28)31-15-20(26)19-10-7-13-25-19/h5-14,25H,3-4,15H2,1-2H3. The molecule has 0 spiro atoms. The quantitative estimate of drug-likeness (QED) is 0.391. The number of esters is 1. The Kier molecular flexibility index (Phi) is 7.22. The van der Waals surface area contributed by atoms with Crippen LogP contribution in [-0.2, 0) is 4.74 Å². The van der Waals surface area contributed by atoms with Gasteiger partial charge < -0.3 is 19.2 Å². The smallest absolute Gasteiger partial charge is 0.339 e. The van der Waals surface area contributed by atoms with Crippen LogP contribution >= 0.6 is 0 Å². The first-order valence-corrected chi connectivity index (χ1v) is 9.92. The number of carbonyl (C=O) groups is 3. The number of H-pyrrole nitrogens is 1. The number of Topliss-reactive ketones (excluding diaryl/α,β-unsaturated/α-hetero) is 1. The van der Waals surface area contributed by atoms with E-state index in [1.165, 1.54) is 6.07 Å². The van der Waals surface area contributed by atoms with Gasteiger partial charge in [-0.25, -0.2) is 4.79 Å². The Morgan fingerprint density at radius 1 is 0.839 bits per heavy atom. The fraction of sp³-hybridized carbons (Fsp3) is 0.208. The van der Waals surface area contributed by atoms with Gasteiger partial charge in [0.2, 0.25) is 5.78 Å². The maximum absolute atomic E-state index is 13.1. The lowest BCUT2D eigenvalue weighted by Crippen LogP contribution is -2.17. The molecule has 7 nitrogen and oxygen atoms in total. The molecule has 7 heteroatoms. The Balaban J connectivity index is 1.82. The molecule has 3 aromatic rings. The van der Waals surface area contributed by atoms with Gasteiger partial charge in [0.15, 0.2) is 23.9 Å². The second kappa shape index (κ2) is 10.2. The molecule has 31 heavy (non-hydrogen) atoms. The van der Waals surface area contributed by atoms with Gasteiger partial charge in [-0.3, -0.25) is 9.59 Å². The lowest BCUT2D eigenvalue weighted by atomic mass is 9.98. The minimum absolute atomic E-state index is 0.0821. The van der Waals surface area contributed by atoms with Crippen molar-refractivity contribution in [1.29, 1.82) is 0 Å². The van der Waals surface area contributed by atoms with Gasteiger partial charge in [-0.2, -0.15) is 0 Å². The van der Waals surface area contributed by atoms with Crippen LogP contribution in [0.2, 0.25) is 0 Å². The van der Waals surface area contributed by atoms with Crippen LogP contribution in [0, 0.1) is 0 Å². The molecule has 160 valence electrons. The van der Waals surface area contributed by atoms with E-state index in [4.69, 9.17) is 14.2 Å². The molecule has 0 radical (unpaired) electrons. The number of ketones is 2. The van der Waals surface area contributed by atoms with Crippen molar-refractivity contribution >= 4 is 17.5 Å². The second-order valence-corrected chi connectivity index (χ2v) is 6.49. The minimum Gasteiger partial charge on any atom is -0.490 e. The molecule has 0 saturated heterocycles.